The Balaban J connectivity index is 1.33. The maximum absolute atomic E-state index is 12.6. The molecule has 0 aliphatic heterocycles. The fourth-order valence-corrected chi connectivity index (χ4v) is 3.97. The normalized spacial score (nSPS) is 10.9. The Bertz CT molecular complexity index is 1360. The average molecular weight is 472 g/mol. The zero-order valence-electron chi connectivity index (χ0n) is 20.4. The molecular weight excluding hydrogens is 442 g/mol. The van der Waals surface area contributed by atoms with Crippen molar-refractivity contribution >= 4 is 28.8 Å². The molecule has 0 fully saturated rings. The van der Waals surface area contributed by atoms with Crippen LogP contribution in [0.15, 0.2) is 54.6 Å². The number of hydrogen-bond acceptors (Lipinski definition) is 5. The van der Waals surface area contributed by atoms with Gasteiger partial charge in [-0.2, -0.15) is 5.10 Å². The molecule has 2 aromatic carbocycles. The Morgan fingerprint density at radius 3 is 2.29 bits per heavy atom. The molecule has 0 spiro atoms. The van der Waals surface area contributed by atoms with E-state index in [9.17, 15) is 9.59 Å². The highest BCUT2D eigenvalue weighted by atomic mass is 16.5. The third kappa shape index (κ3) is 5.66. The number of fused-ring (bicyclic) bond motifs is 1. The minimum atomic E-state index is -0.227. The molecule has 35 heavy (non-hydrogen) atoms. The predicted octanol–water partition coefficient (Wildman–Crippen LogP) is 4.88. The minimum absolute atomic E-state index is 0.105. The molecule has 4 aromatic rings. The van der Waals surface area contributed by atoms with E-state index < -0.39 is 0 Å². The van der Waals surface area contributed by atoms with Crippen LogP contribution >= 0.6 is 0 Å². The van der Waals surface area contributed by atoms with Gasteiger partial charge in [-0.15, -0.1) is 0 Å². The van der Waals surface area contributed by atoms with Crippen molar-refractivity contribution in [2.24, 2.45) is 0 Å². The first-order chi connectivity index (χ1) is 16.8. The Morgan fingerprint density at radius 1 is 0.943 bits per heavy atom. The van der Waals surface area contributed by atoms with Crippen LogP contribution in [0.1, 0.15) is 46.3 Å². The van der Waals surface area contributed by atoms with E-state index in [1.165, 1.54) is 0 Å². The van der Waals surface area contributed by atoms with E-state index in [4.69, 9.17) is 4.74 Å². The van der Waals surface area contributed by atoms with Crippen LogP contribution in [-0.4, -0.2) is 33.0 Å². The summed E-state index contributed by atoms with van der Waals surface area (Å²) in [6.45, 7) is 8.40. The fraction of sp³-hybridized carbons (Fsp3) is 0.259. The molecule has 0 atom stereocenters. The molecule has 180 valence electrons. The van der Waals surface area contributed by atoms with Gasteiger partial charge in [0.05, 0.1) is 12.3 Å². The number of aromatic nitrogens is 3. The first kappa shape index (κ1) is 23.9. The van der Waals surface area contributed by atoms with Crippen LogP contribution in [-0.2, 0) is 11.2 Å². The van der Waals surface area contributed by atoms with Crippen LogP contribution < -0.4 is 15.4 Å². The van der Waals surface area contributed by atoms with E-state index in [2.05, 4.69) is 20.7 Å². The quantitative estimate of drug-likeness (QED) is 0.382. The van der Waals surface area contributed by atoms with E-state index in [0.29, 0.717) is 36.4 Å². The second-order valence-electron chi connectivity index (χ2n) is 8.35. The first-order valence-electron chi connectivity index (χ1n) is 11.6. The smallest absolute Gasteiger partial charge is 0.255 e. The molecule has 2 heterocycles. The van der Waals surface area contributed by atoms with Gasteiger partial charge in [-0.25, -0.2) is 9.50 Å². The van der Waals surface area contributed by atoms with Gasteiger partial charge in [0.2, 0.25) is 5.91 Å². The summed E-state index contributed by atoms with van der Waals surface area (Å²) in [4.78, 5) is 29.7. The highest BCUT2D eigenvalue weighted by Crippen LogP contribution is 2.19. The number of carbonyl (C=O) groups is 2. The number of benzene rings is 2. The third-order valence-corrected chi connectivity index (χ3v) is 5.74. The Hall–Kier alpha value is -4.20. The molecule has 0 unspecified atom stereocenters. The zero-order valence-corrected chi connectivity index (χ0v) is 20.4. The predicted molar refractivity (Wildman–Crippen MR) is 136 cm³/mol. The lowest BCUT2D eigenvalue weighted by Crippen LogP contribution is -2.15. The molecule has 8 heteroatoms. The summed E-state index contributed by atoms with van der Waals surface area (Å²) in [5, 5.41) is 10.2. The Labute approximate surface area is 204 Å². The maximum Gasteiger partial charge on any atom is 0.255 e. The molecule has 0 aliphatic carbocycles. The van der Waals surface area contributed by atoms with Gasteiger partial charge in [0, 0.05) is 40.8 Å². The van der Waals surface area contributed by atoms with Crippen LogP contribution in [0.4, 0.5) is 11.4 Å². The first-order valence-corrected chi connectivity index (χ1v) is 11.6. The van der Waals surface area contributed by atoms with Crippen molar-refractivity contribution in [3.8, 4) is 5.75 Å². The van der Waals surface area contributed by atoms with Gasteiger partial charge in [0.25, 0.3) is 5.91 Å². The highest BCUT2D eigenvalue weighted by Gasteiger charge is 2.13. The lowest BCUT2D eigenvalue weighted by molar-refractivity contribution is -0.116. The van der Waals surface area contributed by atoms with Crippen LogP contribution in [0.2, 0.25) is 0 Å². The van der Waals surface area contributed by atoms with Gasteiger partial charge in [0.1, 0.15) is 5.75 Å². The molecule has 4 rings (SSSR count). The monoisotopic (exact) mass is 471 g/mol. The average Bonchev–Trinajstić information content (AvgIpc) is 3.21. The van der Waals surface area contributed by atoms with Gasteiger partial charge in [-0.05, 0) is 88.2 Å². The lowest BCUT2D eigenvalue weighted by Gasteiger charge is -2.11. The zero-order chi connectivity index (χ0) is 24.9. The van der Waals surface area contributed by atoms with E-state index in [1.54, 1.807) is 36.4 Å². The summed E-state index contributed by atoms with van der Waals surface area (Å²) < 4.78 is 7.24. The van der Waals surface area contributed by atoms with E-state index in [-0.39, 0.29) is 11.8 Å². The number of carbonyl (C=O) groups excluding carboxylic acids is 2. The van der Waals surface area contributed by atoms with Crippen molar-refractivity contribution < 1.29 is 14.3 Å². The Morgan fingerprint density at radius 2 is 1.60 bits per heavy atom. The number of nitrogens with one attached hydrogen (secondary N) is 2. The molecule has 0 bridgehead atoms. The summed E-state index contributed by atoms with van der Waals surface area (Å²) in [7, 11) is 0. The van der Waals surface area contributed by atoms with Crippen molar-refractivity contribution in [1.82, 2.24) is 14.6 Å². The number of anilines is 2. The summed E-state index contributed by atoms with van der Waals surface area (Å²) in [6.07, 6.45) is 0.878. The molecule has 2 aromatic heterocycles. The van der Waals surface area contributed by atoms with Crippen LogP contribution in [0, 0.1) is 20.8 Å². The number of nitrogens with zero attached hydrogens (tertiary/aromatic N) is 3. The number of aryl methyl sites for hydroxylation is 3. The number of amides is 2. The topological polar surface area (TPSA) is 97.6 Å². The minimum Gasteiger partial charge on any atom is -0.494 e. The van der Waals surface area contributed by atoms with Crippen LogP contribution in [0.25, 0.3) is 5.65 Å². The molecular formula is C27H29N5O3. The molecule has 0 aliphatic rings. The standard InChI is InChI=1S/C27H29N5O3/c1-5-35-23-12-10-22(11-13-23)30-27(34)20-6-8-21(9-7-20)29-26(33)15-14-24-18(3)28-25-16-17(2)31-32(25)19(24)4/h6-13,16H,5,14-15H2,1-4H3,(H,29,33)(H,30,34). The molecule has 0 saturated heterocycles. The molecule has 2 amide bonds. The summed E-state index contributed by atoms with van der Waals surface area (Å²) >= 11 is 0. The van der Waals surface area contributed by atoms with Gasteiger partial charge < -0.3 is 15.4 Å². The van der Waals surface area contributed by atoms with E-state index >= 15 is 0 Å². The number of hydrogen-bond donors (Lipinski definition) is 2. The van der Waals surface area contributed by atoms with Gasteiger partial charge in [0.15, 0.2) is 5.65 Å². The SMILES string of the molecule is CCOc1ccc(NC(=O)c2ccc(NC(=O)CCc3c(C)nc4cc(C)nn4c3C)cc2)cc1. The number of ether oxygens (including phenoxy) is 1. The van der Waals surface area contributed by atoms with E-state index in [1.807, 2.05) is 50.4 Å². The van der Waals surface area contributed by atoms with Crippen molar-refractivity contribution in [3.05, 3.63) is 82.8 Å². The van der Waals surface area contributed by atoms with Gasteiger partial charge in [-0.1, -0.05) is 0 Å². The highest BCUT2D eigenvalue weighted by molar-refractivity contribution is 6.04. The summed E-state index contributed by atoms with van der Waals surface area (Å²) in [5.74, 6) is 0.422. The van der Waals surface area contributed by atoms with Crippen molar-refractivity contribution in [3.63, 3.8) is 0 Å². The summed E-state index contributed by atoms with van der Waals surface area (Å²) in [5.41, 5.74) is 6.47. The van der Waals surface area contributed by atoms with Gasteiger partial charge >= 0.3 is 0 Å². The largest absolute Gasteiger partial charge is 0.494 e. The van der Waals surface area contributed by atoms with Crippen molar-refractivity contribution in [1.29, 1.82) is 0 Å². The maximum atomic E-state index is 12.6. The lowest BCUT2D eigenvalue weighted by atomic mass is 10.1. The van der Waals surface area contributed by atoms with Crippen LogP contribution in [0.3, 0.4) is 0 Å². The molecule has 2 N–H and O–H groups in total. The molecule has 0 radical (unpaired) electrons. The van der Waals surface area contributed by atoms with Crippen molar-refractivity contribution in [2.45, 2.75) is 40.5 Å². The van der Waals surface area contributed by atoms with Crippen LogP contribution in [0.5, 0.6) is 5.75 Å². The number of rotatable bonds is 8. The van der Waals surface area contributed by atoms with Gasteiger partial charge in [-0.3, -0.25) is 9.59 Å². The molecule has 0 saturated carbocycles. The second kappa shape index (κ2) is 10.4. The third-order valence-electron chi connectivity index (χ3n) is 5.74. The Kier molecular flexibility index (Phi) is 7.10. The second-order valence-corrected chi connectivity index (χ2v) is 8.35. The van der Waals surface area contributed by atoms with E-state index in [0.717, 1.165) is 34.0 Å². The van der Waals surface area contributed by atoms with Crippen molar-refractivity contribution in [2.75, 3.05) is 17.2 Å². The molecule has 8 nitrogen and oxygen atoms in total. The fourth-order valence-electron chi connectivity index (χ4n) is 3.97. The summed E-state index contributed by atoms with van der Waals surface area (Å²) in [6, 6.07) is 16.0.